The van der Waals surface area contributed by atoms with Gasteiger partial charge in [-0.2, -0.15) is 4.52 Å². The molecule has 5 nitrogen and oxygen atoms in total. The molecular weight excluding hydrogens is 412 g/mol. The van der Waals surface area contributed by atoms with Crippen LogP contribution in [0, 0.1) is 0 Å². The zero-order valence-corrected chi connectivity index (χ0v) is 16.2. The summed E-state index contributed by atoms with van der Waals surface area (Å²) in [4.78, 5) is 17.2. The summed E-state index contributed by atoms with van der Waals surface area (Å²) in [6.07, 6.45) is 2.55. The number of rotatable bonds is 6. The second kappa shape index (κ2) is 7.63. The maximum absolute atomic E-state index is 12.1. The molecular formula is C16H16BrClN4OS. The van der Waals surface area contributed by atoms with Crippen LogP contribution in [-0.2, 0) is 12.8 Å². The van der Waals surface area contributed by atoms with Crippen LogP contribution in [-0.4, -0.2) is 21.1 Å². The van der Waals surface area contributed by atoms with E-state index in [1.54, 1.807) is 6.07 Å². The monoisotopic (exact) mass is 426 g/mol. The van der Waals surface area contributed by atoms with Gasteiger partial charge < -0.3 is 5.32 Å². The fourth-order valence-electron chi connectivity index (χ4n) is 2.35. The molecule has 0 aliphatic heterocycles. The number of hydrogen-bond acceptors (Lipinski definition) is 5. The summed E-state index contributed by atoms with van der Waals surface area (Å²) in [5.74, 6) is 0. The van der Waals surface area contributed by atoms with E-state index in [1.807, 2.05) is 18.2 Å². The maximum Gasteiger partial charge on any atom is 0.275 e. The van der Waals surface area contributed by atoms with Gasteiger partial charge in [-0.05, 0) is 36.6 Å². The number of fused-ring (bicyclic) bond motifs is 1. The molecule has 1 N–H and O–H groups in total. The number of aryl methyl sites for hydroxylation is 1. The highest BCUT2D eigenvalue weighted by Gasteiger charge is 2.09. The van der Waals surface area contributed by atoms with Crippen LogP contribution in [0.3, 0.4) is 0 Å². The van der Waals surface area contributed by atoms with E-state index in [4.69, 9.17) is 11.6 Å². The predicted molar refractivity (Wildman–Crippen MR) is 102 cm³/mol. The summed E-state index contributed by atoms with van der Waals surface area (Å²) >= 11 is 10.9. The van der Waals surface area contributed by atoms with Crippen molar-refractivity contribution in [2.75, 3.05) is 11.9 Å². The van der Waals surface area contributed by atoms with Crippen molar-refractivity contribution in [3.63, 3.8) is 0 Å². The van der Waals surface area contributed by atoms with E-state index in [9.17, 15) is 4.79 Å². The van der Waals surface area contributed by atoms with Gasteiger partial charge in [-0.15, -0.1) is 5.10 Å². The SMILES string of the molecule is CCCc1cc(=O)n2nc(NCCc3cc(Cl)ccc3Br)sc2n1. The predicted octanol–water partition coefficient (Wildman–Crippen LogP) is 4.17. The van der Waals surface area contributed by atoms with E-state index in [-0.39, 0.29) is 5.56 Å². The molecule has 0 aliphatic rings. The number of benzene rings is 1. The molecule has 0 saturated heterocycles. The molecule has 3 aromatic rings. The van der Waals surface area contributed by atoms with Crippen LogP contribution < -0.4 is 10.9 Å². The number of nitrogens with one attached hydrogen (secondary N) is 1. The average Bonchev–Trinajstić information content (AvgIpc) is 2.94. The molecule has 0 amide bonds. The lowest BCUT2D eigenvalue weighted by atomic mass is 10.1. The van der Waals surface area contributed by atoms with Crippen molar-refractivity contribution in [1.29, 1.82) is 0 Å². The number of aromatic nitrogens is 3. The molecule has 0 bridgehead atoms. The summed E-state index contributed by atoms with van der Waals surface area (Å²) in [6, 6.07) is 7.29. The van der Waals surface area contributed by atoms with E-state index in [0.717, 1.165) is 35.0 Å². The van der Waals surface area contributed by atoms with Crippen molar-refractivity contribution >= 4 is 49.0 Å². The van der Waals surface area contributed by atoms with Crippen molar-refractivity contribution < 1.29 is 0 Å². The van der Waals surface area contributed by atoms with E-state index in [1.165, 1.54) is 15.9 Å². The summed E-state index contributed by atoms with van der Waals surface area (Å²) in [5, 5.41) is 8.95. The number of halogens is 2. The first-order valence-corrected chi connectivity index (χ1v) is 9.63. The first-order valence-electron chi connectivity index (χ1n) is 7.64. The molecule has 24 heavy (non-hydrogen) atoms. The van der Waals surface area contributed by atoms with Gasteiger partial charge in [0.2, 0.25) is 10.1 Å². The Morgan fingerprint density at radius 2 is 2.17 bits per heavy atom. The summed E-state index contributed by atoms with van der Waals surface area (Å²) < 4.78 is 2.38. The van der Waals surface area contributed by atoms with Gasteiger partial charge in [-0.25, -0.2) is 4.98 Å². The van der Waals surface area contributed by atoms with Crippen molar-refractivity contribution in [2.24, 2.45) is 0 Å². The molecule has 0 radical (unpaired) electrons. The largest absolute Gasteiger partial charge is 0.360 e. The Balaban J connectivity index is 1.72. The lowest BCUT2D eigenvalue weighted by Crippen LogP contribution is -2.15. The van der Waals surface area contributed by atoms with Crippen molar-refractivity contribution in [2.45, 2.75) is 26.2 Å². The molecule has 0 aliphatic carbocycles. The minimum atomic E-state index is -0.134. The van der Waals surface area contributed by atoms with Crippen molar-refractivity contribution in [3.05, 3.63) is 55.4 Å². The molecule has 126 valence electrons. The van der Waals surface area contributed by atoms with Gasteiger partial charge in [-0.1, -0.05) is 52.2 Å². The third-order valence-electron chi connectivity index (χ3n) is 3.48. The lowest BCUT2D eigenvalue weighted by molar-refractivity contribution is 0.839. The average molecular weight is 428 g/mol. The quantitative estimate of drug-likeness (QED) is 0.641. The lowest BCUT2D eigenvalue weighted by Gasteiger charge is -2.05. The van der Waals surface area contributed by atoms with Gasteiger partial charge in [0.15, 0.2) is 0 Å². The summed E-state index contributed by atoms with van der Waals surface area (Å²) in [5.41, 5.74) is 1.81. The fraction of sp³-hybridized carbons (Fsp3) is 0.312. The molecule has 1 aromatic carbocycles. The molecule has 0 fully saturated rings. The number of nitrogens with zero attached hydrogens (tertiary/aromatic N) is 3. The summed E-state index contributed by atoms with van der Waals surface area (Å²) in [6.45, 7) is 2.76. The van der Waals surface area contributed by atoms with Crippen LogP contribution in [0.25, 0.3) is 4.96 Å². The molecule has 2 aromatic heterocycles. The van der Waals surface area contributed by atoms with E-state index in [0.29, 0.717) is 21.7 Å². The Morgan fingerprint density at radius 3 is 2.96 bits per heavy atom. The topological polar surface area (TPSA) is 59.3 Å². The zero-order valence-electron chi connectivity index (χ0n) is 13.1. The van der Waals surface area contributed by atoms with E-state index in [2.05, 4.69) is 38.3 Å². The first kappa shape index (κ1) is 17.4. The Bertz CT molecular complexity index is 924. The van der Waals surface area contributed by atoms with Gasteiger partial charge >= 0.3 is 0 Å². The van der Waals surface area contributed by atoms with Crippen LogP contribution in [0.1, 0.15) is 24.6 Å². The highest BCUT2D eigenvalue weighted by molar-refractivity contribution is 9.10. The van der Waals surface area contributed by atoms with Gasteiger partial charge in [0.25, 0.3) is 5.56 Å². The van der Waals surface area contributed by atoms with Gasteiger partial charge in [0.1, 0.15) is 0 Å². The smallest absolute Gasteiger partial charge is 0.275 e. The van der Waals surface area contributed by atoms with Gasteiger partial charge in [0, 0.05) is 27.8 Å². The standard InChI is InChI=1S/C16H16BrClN4OS/c1-2-3-12-9-14(23)22-16(20-12)24-15(21-22)19-7-6-10-8-11(18)4-5-13(10)17/h4-5,8-9H,2-3,6-7H2,1H3,(H,19,21). The zero-order chi connectivity index (χ0) is 17.1. The number of hydrogen-bond donors (Lipinski definition) is 1. The molecule has 2 heterocycles. The normalized spacial score (nSPS) is 11.1. The van der Waals surface area contributed by atoms with Crippen molar-refractivity contribution in [3.8, 4) is 0 Å². The fourth-order valence-corrected chi connectivity index (χ4v) is 3.84. The minimum absolute atomic E-state index is 0.134. The van der Waals surface area contributed by atoms with Crippen LogP contribution in [0.4, 0.5) is 5.13 Å². The molecule has 3 rings (SSSR count). The molecule has 8 heteroatoms. The van der Waals surface area contributed by atoms with Crippen LogP contribution in [0.5, 0.6) is 0 Å². The molecule has 0 unspecified atom stereocenters. The van der Waals surface area contributed by atoms with Crippen molar-refractivity contribution in [1.82, 2.24) is 14.6 Å². The summed E-state index contributed by atoms with van der Waals surface area (Å²) in [7, 11) is 0. The molecule has 0 spiro atoms. The Hall–Kier alpha value is -1.44. The first-order chi connectivity index (χ1) is 11.6. The Labute approximate surface area is 156 Å². The van der Waals surface area contributed by atoms with Crippen LogP contribution in [0.15, 0.2) is 33.5 Å². The second-order valence-electron chi connectivity index (χ2n) is 5.35. The van der Waals surface area contributed by atoms with Crippen LogP contribution >= 0.6 is 38.9 Å². The molecule has 0 atom stereocenters. The Kier molecular flexibility index (Phi) is 5.53. The Morgan fingerprint density at radius 1 is 1.33 bits per heavy atom. The maximum atomic E-state index is 12.1. The van der Waals surface area contributed by atoms with E-state index >= 15 is 0 Å². The second-order valence-corrected chi connectivity index (χ2v) is 7.60. The third kappa shape index (κ3) is 3.96. The van der Waals surface area contributed by atoms with Gasteiger partial charge in [-0.3, -0.25) is 4.79 Å². The number of anilines is 1. The van der Waals surface area contributed by atoms with Gasteiger partial charge in [0.05, 0.1) is 0 Å². The van der Waals surface area contributed by atoms with Crippen LogP contribution in [0.2, 0.25) is 5.02 Å². The highest BCUT2D eigenvalue weighted by Crippen LogP contribution is 2.22. The minimum Gasteiger partial charge on any atom is -0.360 e. The highest BCUT2D eigenvalue weighted by atomic mass is 79.9. The van der Waals surface area contributed by atoms with E-state index < -0.39 is 0 Å². The molecule has 0 saturated carbocycles. The third-order valence-corrected chi connectivity index (χ3v) is 5.36.